The molecule has 110 valence electrons. The Bertz CT molecular complexity index is 470. The Labute approximate surface area is 129 Å². The number of nitrogens with zero attached hydrogens (tertiary/aromatic N) is 1. The molecule has 3 nitrogen and oxygen atoms in total. The zero-order valence-corrected chi connectivity index (χ0v) is 13.5. The first-order chi connectivity index (χ1) is 9.63. The van der Waals surface area contributed by atoms with Gasteiger partial charge in [-0.15, -0.1) is 0 Å². The lowest BCUT2D eigenvalue weighted by Crippen LogP contribution is -2.43. The molecule has 1 aromatic carbocycles. The molecule has 1 saturated carbocycles. The van der Waals surface area contributed by atoms with Crippen molar-refractivity contribution in [3.05, 3.63) is 33.8 Å². The molecule has 4 heteroatoms. The Hall–Kier alpha value is -0.870. The first kappa shape index (κ1) is 15.5. The smallest absolute Gasteiger partial charge is 0.254 e. The maximum Gasteiger partial charge on any atom is 0.254 e. The number of aryl methyl sites for hydroxylation is 1. The molecule has 0 heterocycles. The third kappa shape index (κ3) is 3.61. The van der Waals surface area contributed by atoms with Crippen LogP contribution < -0.4 is 0 Å². The monoisotopic (exact) mass is 339 g/mol. The average molecular weight is 340 g/mol. The number of amides is 1. The molecule has 0 aliphatic heterocycles. The van der Waals surface area contributed by atoms with E-state index in [1.54, 1.807) is 0 Å². The fourth-order valence-corrected chi connectivity index (χ4v) is 3.22. The van der Waals surface area contributed by atoms with Crippen LogP contribution in [0.3, 0.4) is 0 Å². The van der Waals surface area contributed by atoms with Crippen molar-refractivity contribution in [2.75, 3.05) is 13.2 Å². The van der Waals surface area contributed by atoms with Crippen molar-refractivity contribution in [3.8, 4) is 0 Å². The van der Waals surface area contributed by atoms with Gasteiger partial charge < -0.3 is 10.0 Å². The predicted molar refractivity (Wildman–Crippen MR) is 83.9 cm³/mol. The lowest BCUT2D eigenvalue weighted by molar-refractivity contribution is 0.0585. The van der Waals surface area contributed by atoms with Gasteiger partial charge in [-0.2, -0.15) is 0 Å². The van der Waals surface area contributed by atoms with E-state index in [1.165, 1.54) is 19.3 Å². The molecule has 0 aromatic heterocycles. The van der Waals surface area contributed by atoms with Gasteiger partial charge in [-0.25, -0.2) is 0 Å². The summed E-state index contributed by atoms with van der Waals surface area (Å²) in [7, 11) is 0. The minimum absolute atomic E-state index is 0.0231. The van der Waals surface area contributed by atoms with Crippen LogP contribution in [0.2, 0.25) is 0 Å². The van der Waals surface area contributed by atoms with E-state index in [9.17, 15) is 9.90 Å². The van der Waals surface area contributed by atoms with Crippen LogP contribution in [0.4, 0.5) is 0 Å². The molecule has 1 fully saturated rings. The van der Waals surface area contributed by atoms with E-state index in [0.717, 1.165) is 22.9 Å². The number of aliphatic hydroxyl groups excluding tert-OH is 1. The Balaban J connectivity index is 2.18. The van der Waals surface area contributed by atoms with Gasteiger partial charge in [0.25, 0.3) is 5.91 Å². The highest BCUT2D eigenvalue weighted by Gasteiger charge is 2.25. The Morgan fingerprint density at radius 1 is 1.35 bits per heavy atom. The normalized spacial score (nSPS) is 16.1. The Morgan fingerprint density at radius 3 is 2.65 bits per heavy atom. The van der Waals surface area contributed by atoms with E-state index in [-0.39, 0.29) is 18.6 Å². The molecule has 1 aliphatic carbocycles. The van der Waals surface area contributed by atoms with Crippen molar-refractivity contribution >= 4 is 21.8 Å². The zero-order chi connectivity index (χ0) is 14.5. The summed E-state index contributed by atoms with van der Waals surface area (Å²) in [5, 5.41) is 9.26. The fraction of sp³-hybridized carbons (Fsp3) is 0.562. The summed E-state index contributed by atoms with van der Waals surface area (Å²) in [5.41, 5.74) is 1.81. The summed E-state index contributed by atoms with van der Waals surface area (Å²) in [4.78, 5) is 14.5. The highest BCUT2D eigenvalue weighted by atomic mass is 79.9. The van der Waals surface area contributed by atoms with E-state index in [2.05, 4.69) is 15.9 Å². The van der Waals surface area contributed by atoms with Gasteiger partial charge in [-0.05, 0) is 37.5 Å². The molecular formula is C16H22BrNO2. The molecule has 0 bridgehead atoms. The number of benzene rings is 1. The fourth-order valence-electron chi connectivity index (χ4n) is 2.84. The molecule has 1 aromatic rings. The van der Waals surface area contributed by atoms with Crippen LogP contribution >= 0.6 is 15.9 Å². The summed E-state index contributed by atoms with van der Waals surface area (Å²) in [5.74, 6) is 0.0339. The van der Waals surface area contributed by atoms with Crippen molar-refractivity contribution < 1.29 is 9.90 Å². The maximum atomic E-state index is 12.7. The van der Waals surface area contributed by atoms with E-state index in [1.807, 2.05) is 30.0 Å². The summed E-state index contributed by atoms with van der Waals surface area (Å²) < 4.78 is 0.955. The van der Waals surface area contributed by atoms with E-state index in [0.29, 0.717) is 12.1 Å². The SMILES string of the molecule is Cc1ccc(C(=O)N(CCO)C2CCCCC2)cc1Br. The van der Waals surface area contributed by atoms with Crippen LogP contribution in [0.15, 0.2) is 22.7 Å². The van der Waals surface area contributed by atoms with Gasteiger partial charge in [0.05, 0.1) is 6.61 Å². The van der Waals surface area contributed by atoms with Gasteiger partial charge in [0.2, 0.25) is 0 Å². The molecule has 1 aliphatic rings. The first-order valence-electron chi connectivity index (χ1n) is 7.31. The Kier molecular flexibility index (Phi) is 5.61. The van der Waals surface area contributed by atoms with Crippen LogP contribution in [0.25, 0.3) is 0 Å². The van der Waals surface area contributed by atoms with Crippen molar-refractivity contribution in [1.29, 1.82) is 0 Å². The maximum absolute atomic E-state index is 12.7. The van der Waals surface area contributed by atoms with Crippen molar-refractivity contribution in [3.63, 3.8) is 0 Å². The number of hydrogen-bond donors (Lipinski definition) is 1. The van der Waals surface area contributed by atoms with E-state index in [4.69, 9.17) is 0 Å². The van der Waals surface area contributed by atoms with Crippen LogP contribution in [0.1, 0.15) is 48.0 Å². The zero-order valence-electron chi connectivity index (χ0n) is 11.9. The topological polar surface area (TPSA) is 40.5 Å². The molecule has 0 unspecified atom stereocenters. The van der Waals surface area contributed by atoms with Crippen molar-refractivity contribution in [1.82, 2.24) is 4.90 Å². The second kappa shape index (κ2) is 7.23. The molecule has 0 spiro atoms. The average Bonchev–Trinajstić information content (AvgIpc) is 2.48. The number of halogens is 1. The quantitative estimate of drug-likeness (QED) is 0.911. The second-order valence-corrected chi connectivity index (χ2v) is 6.33. The minimum Gasteiger partial charge on any atom is -0.395 e. The standard InChI is InChI=1S/C16H22BrNO2/c1-12-7-8-13(11-15(12)17)16(20)18(9-10-19)14-5-3-2-4-6-14/h7-8,11,14,19H,2-6,9-10H2,1H3. The molecule has 1 amide bonds. The third-order valence-corrected chi connectivity index (χ3v) is 4.89. The summed E-state index contributed by atoms with van der Waals surface area (Å²) in [6.45, 7) is 2.45. The summed E-state index contributed by atoms with van der Waals surface area (Å²) in [6, 6.07) is 5.99. The van der Waals surface area contributed by atoms with Gasteiger partial charge >= 0.3 is 0 Å². The molecule has 2 rings (SSSR count). The Morgan fingerprint density at radius 2 is 2.05 bits per heavy atom. The molecule has 0 saturated heterocycles. The van der Waals surface area contributed by atoms with Crippen molar-refractivity contribution in [2.24, 2.45) is 0 Å². The summed E-state index contributed by atoms with van der Waals surface area (Å²) in [6.07, 6.45) is 5.72. The van der Waals surface area contributed by atoms with Gasteiger partial charge in [-0.1, -0.05) is 41.3 Å². The highest BCUT2D eigenvalue weighted by Crippen LogP contribution is 2.25. The van der Waals surface area contributed by atoms with Crippen LogP contribution in [-0.2, 0) is 0 Å². The largest absolute Gasteiger partial charge is 0.395 e. The molecule has 1 N–H and O–H groups in total. The first-order valence-corrected chi connectivity index (χ1v) is 8.10. The van der Waals surface area contributed by atoms with Crippen LogP contribution in [-0.4, -0.2) is 35.1 Å². The number of hydrogen-bond acceptors (Lipinski definition) is 2. The molecule has 0 atom stereocenters. The van der Waals surface area contributed by atoms with Crippen LogP contribution in [0, 0.1) is 6.92 Å². The molecule has 0 radical (unpaired) electrons. The van der Waals surface area contributed by atoms with E-state index >= 15 is 0 Å². The number of carbonyl (C=O) groups is 1. The molecule has 20 heavy (non-hydrogen) atoms. The van der Waals surface area contributed by atoms with Gasteiger partial charge in [0.15, 0.2) is 0 Å². The van der Waals surface area contributed by atoms with Crippen LogP contribution in [0.5, 0.6) is 0 Å². The number of carbonyl (C=O) groups excluding carboxylic acids is 1. The second-order valence-electron chi connectivity index (χ2n) is 5.48. The lowest BCUT2D eigenvalue weighted by atomic mass is 9.93. The third-order valence-electron chi connectivity index (χ3n) is 4.04. The number of rotatable bonds is 4. The minimum atomic E-state index is 0.0231. The van der Waals surface area contributed by atoms with E-state index < -0.39 is 0 Å². The van der Waals surface area contributed by atoms with Gasteiger partial charge in [-0.3, -0.25) is 4.79 Å². The lowest BCUT2D eigenvalue weighted by Gasteiger charge is -2.34. The molecular weight excluding hydrogens is 318 g/mol. The van der Waals surface area contributed by atoms with Gasteiger partial charge in [0, 0.05) is 22.6 Å². The highest BCUT2D eigenvalue weighted by molar-refractivity contribution is 9.10. The predicted octanol–water partition coefficient (Wildman–Crippen LogP) is 3.52. The van der Waals surface area contributed by atoms with Crippen molar-refractivity contribution in [2.45, 2.75) is 45.1 Å². The number of aliphatic hydroxyl groups is 1. The van der Waals surface area contributed by atoms with Gasteiger partial charge in [0.1, 0.15) is 0 Å². The summed E-state index contributed by atoms with van der Waals surface area (Å²) >= 11 is 3.48.